The topological polar surface area (TPSA) is 77.9 Å². The predicted octanol–water partition coefficient (Wildman–Crippen LogP) is 0.952. The lowest BCUT2D eigenvalue weighted by atomic mass is 9.82. The Kier molecular flexibility index (Phi) is 2.29. The van der Waals surface area contributed by atoms with Crippen molar-refractivity contribution in [1.29, 1.82) is 0 Å². The van der Waals surface area contributed by atoms with Crippen molar-refractivity contribution in [3.8, 4) is 0 Å². The molecule has 0 radical (unpaired) electrons. The zero-order valence-electron chi connectivity index (χ0n) is 10.7. The van der Waals surface area contributed by atoms with Crippen LogP contribution in [0.3, 0.4) is 0 Å². The first kappa shape index (κ1) is 11.2. The van der Waals surface area contributed by atoms with Crippen LogP contribution in [0, 0.1) is 11.3 Å². The quantitative estimate of drug-likeness (QED) is 0.839. The van der Waals surface area contributed by atoms with Crippen molar-refractivity contribution in [2.45, 2.75) is 19.3 Å². The molecule has 6 heteroatoms. The van der Waals surface area contributed by atoms with E-state index in [1.165, 1.54) is 12.8 Å². The smallest absolute Gasteiger partial charge is 0.160 e. The minimum Gasteiger partial charge on any atom is -0.396 e. The lowest BCUT2D eigenvalue weighted by Crippen LogP contribution is -2.31. The fourth-order valence-corrected chi connectivity index (χ4v) is 3.84. The van der Waals surface area contributed by atoms with Gasteiger partial charge in [-0.25, -0.2) is 9.97 Å². The van der Waals surface area contributed by atoms with Crippen molar-refractivity contribution in [3.05, 3.63) is 12.5 Å². The standard InChI is InChI=1S/C13H17N5O/c19-7-13-3-1-2-9(13)5-18(6-13)12-10-4-16-17-11(10)14-8-15-12/h4,8-9,19H,1-3,5-7H2,(H,14,15,16,17). The second kappa shape index (κ2) is 3.90. The van der Waals surface area contributed by atoms with Gasteiger partial charge < -0.3 is 10.0 Å². The van der Waals surface area contributed by atoms with Gasteiger partial charge in [-0.15, -0.1) is 0 Å². The van der Waals surface area contributed by atoms with Gasteiger partial charge in [0.25, 0.3) is 0 Å². The zero-order valence-corrected chi connectivity index (χ0v) is 10.7. The third-order valence-electron chi connectivity index (χ3n) is 4.88. The second-order valence-corrected chi connectivity index (χ2v) is 5.82. The van der Waals surface area contributed by atoms with Crippen molar-refractivity contribution < 1.29 is 5.11 Å². The van der Waals surface area contributed by atoms with Gasteiger partial charge in [0, 0.05) is 18.5 Å². The number of aliphatic hydroxyl groups is 1. The molecule has 0 aromatic carbocycles. The number of fused-ring (bicyclic) bond motifs is 2. The van der Waals surface area contributed by atoms with Gasteiger partial charge in [0.1, 0.15) is 12.1 Å². The van der Waals surface area contributed by atoms with Crippen LogP contribution in [0.25, 0.3) is 11.0 Å². The van der Waals surface area contributed by atoms with Gasteiger partial charge in [-0.05, 0) is 18.8 Å². The number of hydrogen-bond donors (Lipinski definition) is 2. The van der Waals surface area contributed by atoms with Crippen LogP contribution in [0.2, 0.25) is 0 Å². The molecule has 1 aliphatic carbocycles. The number of rotatable bonds is 2. The summed E-state index contributed by atoms with van der Waals surface area (Å²) in [4.78, 5) is 10.9. The molecule has 6 nitrogen and oxygen atoms in total. The van der Waals surface area contributed by atoms with Gasteiger partial charge in [0.2, 0.25) is 0 Å². The van der Waals surface area contributed by atoms with E-state index >= 15 is 0 Å². The third kappa shape index (κ3) is 1.49. The first-order chi connectivity index (χ1) is 9.32. The molecule has 2 aromatic heterocycles. The Labute approximate surface area is 110 Å². The average molecular weight is 259 g/mol. The zero-order chi connectivity index (χ0) is 12.9. The minimum atomic E-state index is 0.0843. The summed E-state index contributed by atoms with van der Waals surface area (Å²) >= 11 is 0. The highest BCUT2D eigenvalue weighted by molar-refractivity contribution is 5.86. The molecule has 2 aliphatic rings. The van der Waals surface area contributed by atoms with E-state index in [1.54, 1.807) is 12.5 Å². The van der Waals surface area contributed by atoms with Crippen LogP contribution in [0.4, 0.5) is 5.82 Å². The average Bonchev–Trinajstić information content (AvgIpc) is 3.11. The Morgan fingerprint density at radius 3 is 3.26 bits per heavy atom. The number of nitrogens with one attached hydrogen (secondary N) is 1. The number of hydrogen-bond acceptors (Lipinski definition) is 5. The SMILES string of the molecule is OCC12CCCC1CN(c1ncnc3[nH]ncc13)C2. The molecule has 0 spiro atoms. The Morgan fingerprint density at radius 2 is 2.42 bits per heavy atom. The molecule has 1 aliphatic heterocycles. The maximum absolute atomic E-state index is 9.79. The monoisotopic (exact) mass is 259 g/mol. The highest BCUT2D eigenvalue weighted by Gasteiger charge is 2.49. The number of aromatic nitrogens is 4. The summed E-state index contributed by atoms with van der Waals surface area (Å²) in [5.41, 5.74) is 0.862. The molecule has 0 bridgehead atoms. The molecular formula is C13H17N5O. The van der Waals surface area contributed by atoms with Crippen molar-refractivity contribution >= 4 is 16.9 Å². The molecule has 2 unspecified atom stereocenters. The fourth-order valence-electron chi connectivity index (χ4n) is 3.84. The molecule has 2 aromatic rings. The van der Waals surface area contributed by atoms with Gasteiger partial charge in [-0.3, -0.25) is 5.10 Å². The van der Waals surface area contributed by atoms with Gasteiger partial charge in [-0.2, -0.15) is 5.10 Å². The van der Waals surface area contributed by atoms with Gasteiger partial charge in [-0.1, -0.05) is 6.42 Å². The Bertz CT molecular complexity index is 612. The van der Waals surface area contributed by atoms with Crippen molar-refractivity contribution in [1.82, 2.24) is 20.2 Å². The maximum Gasteiger partial charge on any atom is 0.160 e. The van der Waals surface area contributed by atoms with E-state index in [9.17, 15) is 5.11 Å². The van der Waals surface area contributed by atoms with Crippen molar-refractivity contribution in [2.75, 3.05) is 24.6 Å². The van der Waals surface area contributed by atoms with Crippen LogP contribution in [0.15, 0.2) is 12.5 Å². The highest BCUT2D eigenvalue weighted by Crippen LogP contribution is 2.49. The summed E-state index contributed by atoms with van der Waals surface area (Å²) in [5, 5.41) is 17.7. The summed E-state index contributed by atoms with van der Waals surface area (Å²) < 4.78 is 0. The lowest BCUT2D eigenvalue weighted by molar-refractivity contribution is 0.121. The van der Waals surface area contributed by atoms with Gasteiger partial charge in [0.15, 0.2) is 5.65 Å². The summed E-state index contributed by atoms with van der Waals surface area (Å²) in [7, 11) is 0. The number of aromatic amines is 1. The summed E-state index contributed by atoms with van der Waals surface area (Å²) in [6.07, 6.45) is 6.95. The Balaban J connectivity index is 1.73. The first-order valence-corrected chi connectivity index (χ1v) is 6.82. The van der Waals surface area contributed by atoms with Gasteiger partial charge >= 0.3 is 0 Å². The molecule has 19 heavy (non-hydrogen) atoms. The van der Waals surface area contributed by atoms with E-state index in [-0.39, 0.29) is 12.0 Å². The Hall–Kier alpha value is -1.69. The van der Waals surface area contributed by atoms with Crippen LogP contribution in [-0.4, -0.2) is 45.0 Å². The lowest BCUT2D eigenvalue weighted by Gasteiger charge is -2.26. The van der Waals surface area contributed by atoms with Crippen LogP contribution in [0.5, 0.6) is 0 Å². The molecular weight excluding hydrogens is 242 g/mol. The molecule has 2 atom stereocenters. The molecule has 1 saturated heterocycles. The maximum atomic E-state index is 9.79. The summed E-state index contributed by atoms with van der Waals surface area (Å²) in [5.74, 6) is 1.54. The number of aliphatic hydroxyl groups excluding tert-OH is 1. The predicted molar refractivity (Wildman–Crippen MR) is 70.8 cm³/mol. The van der Waals surface area contributed by atoms with Gasteiger partial charge in [0.05, 0.1) is 18.2 Å². The molecule has 2 fully saturated rings. The highest BCUT2D eigenvalue weighted by atomic mass is 16.3. The fraction of sp³-hybridized carbons (Fsp3) is 0.615. The number of nitrogens with zero attached hydrogens (tertiary/aromatic N) is 4. The van der Waals surface area contributed by atoms with Crippen LogP contribution in [0.1, 0.15) is 19.3 Å². The molecule has 4 rings (SSSR count). The third-order valence-corrected chi connectivity index (χ3v) is 4.88. The second-order valence-electron chi connectivity index (χ2n) is 5.82. The normalized spacial score (nSPS) is 30.2. The van der Waals surface area contributed by atoms with E-state index in [0.29, 0.717) is 5.92 Å². The molecule has 3 heterocycles. The van der Waals surface area contributed by atoms with Crippen LogP contribution < -0.4 is 4.90 Å². The number of anilines is 1. The van der Waals surface area contributed by atoms with E-state index < -0.39 is 0 Å². The molecule has 100 valence electrons. The summed E-state index contributed by atoms with van der Waals surface area (Å²) in [6.45, 7) is 2.16. The minimum absolute atomic E-state index is 0.0843. The largest absolute Gasteiger partial charge is 0.396 e. The van der Waals surface area contributed by atoms with Crippen molar-refractivity contribution in [2.24, 2.45) is 11.3 Å². The van der Waals surface area contributed by atoms with E-state index in [2.05, 4.69) is 25.1 Å². The van der Waals surface area contributed by atoms with Crippen molar-refractivity contribution in [3.63, 3.8) is 0 Å². The molecule has 1 saturated carbocycles. The Morgan fingerprint density at radius 1 is 1.47 bits per heavy atom. The summed E-state index contributed by atoms with van der Waals surface area (Å²) in [6, 6.07) is 0. The van der Waals surface area contributed by atoms with E-state index in [0.717, 1.165) is 36.4 Å². The molecule has 0 amide bonds. The van der Waals surface area contributed by atoms with E-state index in [1.807, 2.05) is 0 Å². The van der Waals surface area contributed by atoms with Crippen LogP contribution in [-0.2, 0) is 0 Å². The van der Waals surface area contributed by atoms with Crippen LogP contribution >= 0.6 is 0 Å². The van der Waals surface area contributed by atoms with E-state index in [4.69, 9.17) is 0 Å². The molecule has 2 N–H and O–H groups in total. The first-order valence-electron chi connectivity index (χ1n) is 6.82. The number of H-pyrrole nitrogens is 1.